The van der Waals surface area contributed by atoms with E-state index in [4.69, 9.17) is 0 Å². The van der Waals surface area contributed by atoms with Gasteiger partial charge in [-0.1, -0.05) is 53.2 Å². The molecule has 0 saturated carbocycles. The third kappa shape index (κ3) is 3.86. The van der Waals surface area contributed by atoms with Crippen molar-refractivity contribution in [3.8, 4) is 0 Å². The zero-order valence-corrected chi connectivity index (χ0v) is 19.4. The lowest BCUT2D eigenvalue weighted by molar-refractivity contribution is 0.195. The summed E-state index contributed by atoms with van der Waals surface area (Å²) >= 11 is 5.37. The van der Waals surface area contributed by atoms with E-state index in [1.807, 2.05) is 47.4 Å². The number of aryl methyl sites for hydroxylation is 2. The van der Waals surface area contributed by atoms with Crippen LogP contribution in [0.5, 0.6) is 0 Å². The van der Waals surface area contributed by atoms with Crippen LogP contribution in [0.25, 0.3) is 0 Å². The maximum atomic E-state index is 13.3. The van der Waals surface area contributed by atoms with Gasteiger partial charge in [-0.15, -0.1) is 11.3 Å². The fraction of sp³-hybridized carbons (Fsp3) is 0.292. The zero-order chi connectivity index (χ0) is 20.5. The van der Waals surface area contributed by atoms with E-state index in [1.165, 1.54) is 26.4 Å². The average Bonchev–Trinajstić information content (AvgIpc) is 3.05. The Bertz CT molecular complexity index is 1040. The number of nitrogens with zero attached hydrogens (tertiary/aromatic N) is 1. The fourth-order valence-electron chi connectivity index (χ4n) is 4.21. The lowest BCUT2D eigenvalue weighted by Gasteiger charge is -2.36. The predicted molar refractivity (Wildman–Crippen MR) is 125 cm³/mol. The van der Waals surface area contributed by atoms with Crippen LogP contribution in [0.1, 0.15) is 45.0 Å². The highest BCUT2D eigenvalue weighted by Gasteiger charge is 2.35. The van der Waals surface area contributed by atoms with Crippen molar-refractivity contribution in [3.05, 3.63) is 85.0 Å². The van der Waals surface area contributed by atoms with Gasteiger partial charge in [0.1, 0.15) is 0 Å². The van der Waals surface area contributed by atoms with Crippen LogP contribution in [0.2, 0.25) is 0 Å². The molecule has 150 valence electrons. The van der Waals surface area contributed by atoms with Crippen LogP contribution in [-0.4, -0.2) is 17.5 Å². The summed E-state index contributed by atoms with van der Waals surface area (Å²) in [5, 5.41) is 3.12. The number of amides is 2. The number of rotatable bonds is 3. The number of hydrogen-bond acceptors (Lipinski definition) is 2. The number of urea groups is 1. The molecule has 0 aliphatic carbocycles. The topological polar surface area (TPSA) is 32.3 Å². The van der Waals surface area contributed by atoms with E-state index >= 15 is 0 Å². The number of benzene rings is 2. The number of halogens is 1. The van der Waals surface area contributed by atoms with Gasteiger partial charge in [-0.25, -0.2) is 4.79 Å². The molecule has 2 aromatic carbocycles. The Kier molecular flexibility index (Phi) is 5.79. The molecule has 5 heteroatoms. The first kappa shape index (κ1) is 20.2. The molecule has 3 nitrogen and oxygen atoms in total. The molecular weight excluding hydrogens is 444 g/mol. The molecule has 1 N–H and O–H groups in total. The van der Waals surface area contributed by atoms with Crippen molar-refractivity contribution in [3.63, 3.8) is 0 Å². The quantitative estimate of drug-likeness (QED) is 0.446. The molecule has 1 aromatic heterocycles. The lowest BCUT2D eigenvalue weighted by Crippen LogP contribution is -2.42. The number of carbonyl (C=O) groups excluding carboxylic acids is 1. The molecule has 29 heavy (non-hydrogen) atoms. The van der Waals surface area contributed by atoms with Gasteiger partial charge < -0.3 is 10.2 Å². The third-order valence-corrected chi connectivity index (χ3v) is 7.78. The SMILES string of the molecule is CCc1c(C)sc2c1CCN(C(=O)Nc1ccc(Br)c(C)c1)[C@H]2c1ccccc1. The zero-order valence-electron chi connectivity index (χ0n) is 17.0. The second-order valence-corrected chi connectivity index (χ2v) is 9.59. The normalized spacial score (nSPS) is 15.9. The summed E-state index contributed by atoms with van der Waals surface area (Å²) in [7, 11) is 0. The number of hydrogen-bond donors (Lipinski definition) is 1. The van der Waals surface area contributed by atoms with Crippen molar-refractivity contribution >= 4 is 39.0 Å². The highest BCUT2D eigenvalue weighted by molar-refractivity contribution is 9.10. The molecule has 3 aromatic rings. The highest BCUT2D eigenvalue weighted by atomic mass is 79.9. The molecule has 0 spiro atoms. The molecule has 0 radical (unpaired) electrons. The smallest absolute Gasteiger partial charge is 0.312 e. The first-order valence-corrected chi connectivity index (χ1v) is 11.6. The van der Waals surface area contributed by atoms with E-state index in [0.29, 0.717) is 0 Å². The number of thiophene rings is 1. The first-order valence-electron chi connectivity index (χ1n) is 9.99. The van der Waals surface area contributed by atoms with E-state index in [-0.39, 0.29) is 12.1 Å². The minimum atomic E-state index is -0.0460. The van der Waals surface area contributed by atoms with Crippen molar-refractivity contribution in [2.75, 3.05) is 11.9 Å². The van der Waals surface area contributed by atoms with Crippen molar-refractivity contribution in [2.45, 2.75) is 39.7 Å². The van der Waals surface area contributed by atoms with Crippen LogP contribution in [0.3, 0.4) is 0 Å². The monoisotopic (exact) mass is 468 g/mol. The molecule has 0 saturated heterocycles. The number of carbonyl (C=O) groups is 1. The van der Waals surface area contributed by atoms with Crippen LogP contribution in [0.15, 0.2) is 53.0 Å². The Morgan fingerprint density at radius 2 is 1.97 bits per heavy atom. The Labute approximate surface area is 184 Å². The summed E-state index contributed by atoms with van der Waals surface area (Å²) in [6, 6.07) is 16.2. The third-order valence-electron chi connectivity index (χ3n) is 5.65. The average molecular weight is 469 g/mol. The molecule has 2 heterocycles. The summed E-state index contributed by atoms with van der Waals surface area (Å²) in [6.45, 7) is 7.18. The summed E-state index contributed by atoms with van der Waals surface area (Å²) in [6.07, 6.45) is 1.96. The van der Waals surface area contributed by atoms with Gasteiger partial charge in [0, 0.05) is 26.5 Å². The van der Waals surface area contributed by atoms with Gasteiger partial charge in [0.2, 0.25) is 0 Å². The summed E-state index contributed by atoms with van der Waals surface area (Å²) in [4.78, 5) is 18.0. The molecular formula is C24H25BrN2OS. The minimum absolute atomic E-state index is 0.0412. The first-order chi connectivity index (χ1) is 14.0. The maximum absolute atomic E-state index is 13.3. The van der Waals surface area contributed by atoms with Crippen LogP contribution in [0, 0.1) is 13.8 Å². The summed E-state index contributed by atoms with van der Waals surface area (Å²) in [5.41, 5.74) is 6.01. The van der Waals surface area contributed by atoms with Crippen molar-refractivity contribution in [2.24, 2.45) is 0 Å². The summed E-state index contributed by atoms with van der Waals surface area (Å²) < 4.78 is 1.04. The van der Waals surface area contributed by atoms with Crippen LogP contribution in [0.4, 0.5) is 10.5 Å². The maximum Gasteiger partial charge on any atom is 0.322 e. The summed E-state index contributed by atoms with van der Waals surface area (Å²) in [5.74, 6) is 0. The van der Waals surface area contributed by atoms with Gasteiger partial charge in [-0.3, -0.25) is 0 Å². The van der Waals surface area contributed by atoms with Crippen molar-refractivity contribution in [1.82, 2.24) is 4.90 Å². The van der Waals surface area contributed by atoms with Gasteiger partial charge in [0.15, 0.2) is 0 Å². The van der Waals surface area contributed by atoms with Crippen LogP contribution < -0.4 is 5.32 Å². The van der Waals surface area contributed by atoms with Crippen molar-refractivity contribution < 1.29 is 4.79 Å². The van der Waals surface area contributed by atoms with Gasteiger partial charge >= 0.3 is 6.03 Å². The van der Waals surface area contributed by atoms with Gasteiger partial charge in [-0.05, 0) is 67.1 Å². The van der Waals surface area contributed by atoms with Gasteiger partial charge in [-0.2, -0.15) is 0 Å². The van der Waals surface area contributed by atoms with Crippen molar-refractivity contribution in [1.29, 1.82) is 0 Å². The van der Waals surface area contributed by atoms with Crippen LogP contribution >= 0.6 is 27.3 Å². The van der Waals surface area contributed by atoms with E-state index in [9.17, 15) is 4.79 Å². The molecule has 2 amide bonds. The number of fused-ring (bicyclic) bond motifs is 1. The second kappa shape index (κ2) is 8.33. The van der Waals surface area contributed by atoms with E-state index in [1.54, 1.807) is 0 Å². The van der Waals surface area contributed by atoms with E-state index < -0.39 is 0 Å². The fourth-order valence-corrected chi connectivity index (χ4v) is 5.90. The Morgan fingerprint density at radius 1 is 1.21 bits per heavy atom. The predicted octanol–water partition coefficient (Wildman–Crippen LogP) is 6.87. The van der Waals surface area contributed by atoms with E-state index in [2.05, 4.69) is 59.4 Å². The largest absolute Gasteiger partial charge is 0.322 e. The standard InChI is InChI=1S/C24H25BrN2OS/c1-4-19-16(3)29-23-20(19)12-13-27(22(23)17-8-6-5-7-9-17)24(28)26-18-10-11-21(25)15(2)14-18/h5-11,14,22H,4,12-13H2,1-3H3,(H,26,28)/t22-/m0/s1. The molecule has 1 atom stereocenters. The molecule has 1 aliphatic heterocycles. The highest BCUT2D eigenvalue weighted by Crippen LogP contribution is 2.43. The minimum Gasteiger partial charge on any atom is -0.312 e. The Balaban J connectivity index is 1.71. The molecule has 0 unspecified atom stereocenters. The van der Waals surface area contributed by atoms with Gasteiger partial charge in [0.05, 0.1) is 6.04 Å². The molecule has 1 aliphatic rings. The lowest BCUT2D eigenvalue weighted by atomic mass is 9.92. The Hall–Kier alpha value is -2.11. The molecule has 4 rings (SSSR count). The number of anilines is 1. The second-order valence-electron chi connectivity index (χ2n) is 7.48. The number of nitrogens with one attached hydrogen (secondary N) is 1. The molecule has 0 bridgehead atoms. The molecule has 0 fully saturated rings. The van der Waals surface area contributed by atoms with E-state index in [0.717, 1.165) is 35.1 Å². The Morgan fingerprint density at radius 3 is 2.66 bits per heavy atom. The van der Waals surface area contributed by atoms with Gasteiger partial charge in [0.25, 0.3) is 0 Å². The van der Waals surface area contributed by atoms with Crippen LogP contribution in [-0.2, 0) is 12.8 Å².